The summed E-state index contributed by atoms with van der Waals surface area (Å²) in [4.78, 5) is 2.19. The first-order valence-corrected chi connectivity index (χ1v) is 13.1. The third kappa shape index (κ3) is 4.31. The van der Waals surface area contributed by atoms with Gasteiger partial charge >= 0.3 is 0 Å². The predicted octanol–water partition coefficient (Wildman–Crippen LogP) is 5.70. The summed E-state index contributed by atoms with van der Waals surface area (Å²) < 4.78 is 10.7. The van der Waals surface area contributed by atoms with E-state index in [1.54, 1.807) is 14.2 Å². The Morgan fingerprint density at radius 3 is 1.62 bits per heavy atom. The second kappa shape index (κ2) is 8.46. The molecule has 0 bridgehead atoms. The van der Waals surface area contributed by atoms with Crippen molar-refractivity contribution in [2.75, 3.05) is 19.1 Å². The molecule has 0 heterocycles. The standard InChI is InChI=1S/C25H27NO2Si/c1-7-23-24(9-8-10-25(23)29(4,5)6)26(19-11-15-21(27-2)16-12-19)20-13-17-22(28-3)18-14-20/h1,8-18H,2-6H3. The molecule has 3 rings (SSSR count). The molecule has 4 heteroatoms. The molecule has 0 unspecified atom stereocenters. The molecule has 0 saturated carbocycles. The molecule has 0 fully saturated rings. The first-order valence-electron chi connectivity index (χ1n) is 9.57. The summed E-state index contributed by atoms with van der Waals surface area (Å²) in [6.07, 6.45) is 6.04. The van der Waals surface area contributed by atoms with E-state index in [2.05, 4.69) is 48.7 Å². The van der Waals surface area contributed by atoms with Crippen LogP contribution in [0.1, 0.15) is 5.56 Å². The average Bonchev–Trinajstić information content (AvgIpc) is 2.74. The van der Waals surface area contributed by atoms with Gasteiger partial charge in [0.25, 0.3) is 0 Å². The van der Waals surface area contributed by atoms with Gasteiger partial charge in [0.2, 0.25) is 0 Å². The first kappa shape index (κ1) is 20.6. The number of anilines is 3. The van der Waals surface area contributed by atoms with Crippen LogP contribution < -0.4 is 19.6 Å². The molecule has 0 amide bonds. The van der Waals surface area contributed by atoms with Crippen LogP contribution in [0.4, 0.5) is 17.1 Å². The molecule has 3 aromatic rings. The van der Waals surface area contributed by atoms with E-state index in [0.717, 1.165) is 34.1 Å². The van der Waals surface area contributed by atoms with Gasteiger partial charge in [-0.25, -0.2) is 0 Å². The highest BCUT2D eigenvalue weighted by molar-refractivity contribution is 6.89. The number of benzene rings is 3. The molecule has 3 aromatic carbocycles. The van der Waals surface area contributed by atoms with Crippen LogP contribution in [-0.4, -0.2) is 22.3 Å². The molecule has 29 heavy (non-hydrogen) atoms. The number of nitrogens with zero attached hydrogens (tertiary/aromatic N) is 1. The van der Waals surface area contributed by atoms with E-state index in [0.29, 0.717) is 0 Å². The molecule has 0 aromatic heterocycles. The molecule has 0 aliphatic heterocycles. The minimum absolute atomic E-state index is 0.816. The lowest BCUT2D eigenvalue weighted by Crippen LogP contribution is -2.40. The Bertz CT molecular complexity index is 965. The van der Waals surface area contributed by atoms with Gasteiger partial charge in [0.05, 0.1) is 28.0 Å². The quantitative estimate of drug-likeness (QED) is 0.391. The second-order valence-corrected chi connectivity index (χ2v) is 12.9. The molecule has 3 nitrogen and oxygen atoms in total. The fourth-order valence-corrected chi connectivity index (χ4v) is 4.94. The molecule has 0 aliphatic carbocycles. The van der Waals surface area contributed by atoms with Crippen LogP contribution in [0, 0.1) is 12.3 Å². The van der Waals surface area contributed by atoms with Crippen molar-refractivity contribution >= 4 is 30.3 Å². The number of ether oxygens (including phenoxy) is 2. The van der Waals surface area contributed by atoms with E-state index < -0.39 is 8.07 Å². The van der Waals surface area contributed by atoms with E-state index in [4.69, 9.17) is 15.9 Å². The van der Waals surface area contributed by atoms with E-state index in [-0.39, 0.29) is 0 Å². The topological polar surface area (TPSA) is 21.7 Å². The van der Waals surface area contributed by atoms with Crippen molar-refractivity contribution in [2.45, 2.75) is 19.6 Å². The van der Waals surface area contributed by atoms with Gasteiger partial charge in [0, 0.05) is 16.9 Å². The summed E-state index contributed by atoms with van der Waals surface area (Å²) >= 11 is 0. The zero-order chi connectivity index (χ0) is 21.0. The number of hydrogen-bond acceptors (Lipinski definition) is 3. The van der Waals surface area contributed by atoms with Crippen LogP contribution >= 0.6 is 0 Å². The molecule has 0 atom stereocenters. The molecule has 0 saturated heterocycles. The van der Waals surface area contributed by atoms with Gasteiger partial charge in [-0.2, -0.15) is 0 Å². The van der Waals surface area contributed by atoms with Crippen molar-refractivity contribution in [2.24, 2.45) is 0 Å². The molecule has 0 spiro atoms. The van der Waals surface area contributed by atoms with Crippen LogP contribution in [0.15, 0.2) is 66.7 Å². The smallest absolute Gasteiger partial charge is 0.119 e. The Hall–Kier alpha value is -3.16. The molecular weight excluding hydrogens is 374 g/mol. The summed E-state index contributed by atoms with van der Waals surface area (Å²) in [7, 11) is 1.72. The van der Waals surface area contributed by atoms with Gasteiger partial charge in [0.15, 0.2) is 0 Å². The zero-order valence-corrected chi connectivity index (χ0v) is 18.7. The highest BCUT2D eigenvalue weighted by atomic mass is 28.3. The maximum atomic E-state index is 6.04. The molecule has 0 aliphatic rings. The van der Waals surface area contributed by atoms with E-state index in [1.807, 2.05) is 48.5 Å². The van der Waals surface area contributed by atoms with Crippen LogP contribution in [0.5, 0.6) is 11.5 Å². The Morgan fingerprint density at radius 1 is 0.759 bits per heavy atom. The third-order valence-electron chi connectivity index (χ3n) is 4.90. The lowest BCUT2D eigenvalue weighted by molar-refractivity contribution is 0.415. The summed E-state index contributed by atoms with van der Waals surface area (Å²) in [5.74, 6) is 4.61. The van der Waals surface area contributed by atoms with Gasteiger partial charge in [0.1, 0.15) is 11.5 Å². The number of terminal acetylenes is 1. The summed E-state index contributed by atoms with van der Waals surface area (Å²) in [5.41, 5.74) is 3.99. The largest absolute Gasteiger partial charge is 0.497 e. The SMILES string of the molecule is C#Cc1c(N(c2ccc(OC)cc2)c2ccc(OC)cc2)cccc1[Si](C)(C)C. The van der Waals surface area contributed by atoms with Gasteiger partial charge in [-0.15, -0.1) is 6.42 Å². The monoisotopic (exact) mass is 401 g/mol. The predicted molar refractivity (Wildman–Crippen MR) is 125 cm³/mol. The Labute approximate surface area is 174 Å². The van der Waals surface area contributed by atoms with Gasteiger partial charge in [-0.1, -0.05) is 37.7 Å². The van der Waals surface area contributed by atoms with Crippen LogP contribution in [0.2, 0.25) is 19.6 Å². The summed E-state index contributed by atoms with van der Waals surface area (Å²) in [5, 5.41) is 1.28. The van der Waals surface area contributed by atoms with E-state index in [1.165, 1.54) is 5.19 Å². The Kier molecular flexibility index (Phi) is 6.00. The highest BCUT2D eigenvalue weighted by Crippen LogP contribution is 2.37. The third-order valence-corrected chi connectivity index (χ3v) is 6.93. The first-order chi connectivity index (χ1) is 13.9. The van der Waals surface area contributed by atoms with Crippen LogP contribution in [-0.2, 0) is 0 Å². The maximum absolute atomic E-state index is 6.04. The lowest BCUT2D eigenvalue weighted by atomic mass is 10.1. The van der Waals surface area contributed by atoms with Crippen molar-refractivity contribution in [3.05, 3.63) is 72.3 Å². The molecule has 148 valence electrons. The molecule has 0 N–H and O–H groups in total. The Balaban J connectivity index is 2.24. The number of rotatable bonds is 6. The van der Waals surface area contributed by atoms with E-state index in [9.17, 15) is 0 Å². The van der Waals surface area contributed by atoms with Crippen molar-refractivity contribution in [3.63, 3.8) is 0 Å². The number of methoxy groups -OCH3 is 2. The summed E-state index contributed by atoms with van der Waals surface area (Å²) in [6, 6.07) is 22.4. The second-order valence-electron chi connectivity index (χ2n) is 7.83. The fourth-order valence-electron chi connectivity index (χ4n) is 3.39. The minimum atomic E-state index is -1.62. The van der Waals surface area contributed by atoms with Crippen LogP contribution in [0.25, 0.3) is 0 Å². The highest BCUT2D eigenvalue weighted by Gasteiger charge is 2.24. The lowest BCUT2D eigenvalue weighted by Gasteiger charge is -2.29. The molecule has 0 radical (unpaired) electrons. The zero-order valence-electron chi connectivity index (χ0n) is 17.7. The van der Waals surface area contributed by atoms with Crippen molar-refractivity contribution in [1.82, 2.24) is 0 Å². The maximum Gasteiger partial charge on any atom is 0.119 e. The normalized spacial score (nSPS) is 10.9. The van der Waals surface area contributed by atoms with Gasteiger partial charge in [-0.3, -0.25) is 0 Å². The minimum Gasteiger partial charge on any atom is -0.497 e. The number of hydrogen-bond donors (Lipinski definition) is 0. The van der Waals surface area contributed by atoms with Crippen molar-refractivity contribution in [3.8, 4) is 23.8 Å². The van der Waals surface area contributed by atoms with Crippen molar-refractivity contribution < 1.29 is 9.47 Å². The van der Waals surface area contributed by atoms with E-state index >= 15 is 0 Å². The fraction of sp³-hybridized carbons (Fsp3) is 0.200. The summed E-state index contributed by atoms with van der Waals surface area (Å²) in [6.45, 7) is 6.95. The van der Waals surface area contributed by atoms with Gasteiger partial charge in [-0.05, 0) is 59.8 Å². The van der Waals surface area contributed by atoms with Gasteiger partial charge < -0.3 is 14.4 Å². The Morgan fingerprint density at radius 2 is 1.24 bits per heavy atom. The van der Waals surface area contributed by atoms with Crippen molar-refractivity contribution in [1.29, 1.82) is 0 Å². The van der Waals surface area contributed by atoms with Crippen LogP contribution in [0.3, 0.4) is 0 Å². The molecular formula is C25H27NO2Si. The average molecular weight is 402 g/mol.